The Kier molecular flexibility index (Phi) is 6.19. The summed E-state index contributed by atoms with van der Waals surface area (Å²) in [6, 6.07) is 21.8. The van der Waals surface area contributed by atoms with Crippen molar-refractivity contribution in [3.63, 3.8) is 0 Å². The molecule has 32 heavy (non-hydrogen) atoms. The molecule has 0 amide bonds. The van der Waals surface area contributed by atoms with Crippen molar-refractivity contribution in [1.82, 2.24) is 0 Å². The second-order valence-electron chi connectivity index (χ2n) is 8.31. The van der Waals surface area contributed by atoms with Gasteiger partial charge in [-0.25, -0.2) is 4.79 Å². The summed E-state index contributed by atoms with van der Waals surface area (Å²) in [6.07, 6.45) is 3.67. The molecule has 3 aromatic carbocycles. The number of ether oxygens (including phenoxy) is 2. The summed E-state index contributed by atoms with van der Waals surface area (Å²) in [4.78, 5) is 12.1. The standard InChI is InChI=1S/C27H27NO4/c29-26-15-21(27-24-10-2-1-7-20(24)11-12-25(27)32-26)16-28-22-8-5-6-19(14-22)17-30-18-23-9-3-4-13-31-23/h1-2,5-8,10-12,14-15,23,28H,3-4,9,13,16-18H2. The third kappa shape index (κ3) is 4.69. The van der Waals surface area contributed by atoms with Crippen molar-refractivity contribution in [3.05, 3.63) is 88.3 Å². The molecule has 1 atom stereocenters. The van der Waals surface area contributed by atoms with E-state index in [4.69, 9.17) is 13.9 Å². The number of benzene rings is 3. The Hall–Kier alpha value is -3.15. The predicted octanol–water partition coefficient (Wildman–Crippen LogP) is 5.64. The third-order valence-electron chi connectivity index (χ3n) is 5.97. The molecule has 1 unspecified atom stereocenters. The van der Waals surface area contributed by atoms with Crippen LogP contribution < -0.4 is 10.9 Å². The number of anilines is 1. The van der Waals surface area contributed by atoms with E-state index in [9.17, 15) is 4.79 Å². The average Bonchev–Trinajstić information content (AvgIpc) is 2.83. The first-order chi connectivity index (χ1) is 15.8. The topological polar surface area (TPSA) is 60.7 Å². The van der Waals surface area contributed by atoms with Gasteiger partial charge in [-0.3, -0.25) is 0 Å². The van der Waals surface area contributed by atoms with Crippen LogP contribution in [0.3, 0.4) is 0 Å². The zero-order chi connectivity index (χ0) is 21.8. The first-order valence-electron chi connectivity index (χ1n) is 11.2. The number of fused-ring (bicyclic) bond motifs is 3. The highest BCUT2D eigenvalue weighted by atomic mass is 16.5. The summed E-state index contributed by atoms with van der Waals surface area (Å²) in [6.45, 7) is 2.56. The Bertz CT molecular complexity index is 1270. The number of hydrogen-bond acceptors (Lipinski definition) is 5. The van der Waals surface area contributed by atoms with Crippen molar-refractivity contribution in [2.45, 2.75) is 38.5 Å². The van der Waals surface area contributed by atoms with Crippen LogP contribution in [0.2, 0.25) is 0 Å². The molecule has 1 N–H and O–H groups in total. The van der Waals surface area contributed by atoms with Gasteiger partial charge in [-0.2, -0.15) is 0 Å². The van der Waals surface area contributed by atoms with Crippen molar-refractivity contribution in [1.29, 1.82) is 0 Å². The molecule has 1 fully saturated rings. The fourth-order valence-corrected chi connectivity index (χ4v) is 4.37. The van der Waals surface area contributed by atoms with E-state index in [-0.39, 0.29) is 11.7 Å². The molecule has 164 valence electrons. The van der Waals surface area contributed by atoms with Gasteiger partial charge in [0, 0.05) is 30.3 Å². The molecular weight excluding hydrogens is 402 g/mol. The first kappa shape index (κ1) is 20.7. The highest BCUT2D eigenvalue weighted by Gasteiger charge is 2.14. The molecule has 1 aromatic heterocycles. The Morgan fingerprint density at radius 1 is 1.00 bits per heavy atom. The minimum atomic E-state index is -0.336. The average molecular weight is 430 g/mol. The SMILES string of the molecule is O=c1cc(CNc2cccc(COCC3CCCCO3)c2)c2c(ccc3ccccc32)o1. The highest BCUT2D eigenvalue weighted by molar-refractivity contribution is 6.07. The molecule has 4 aromatic rings. The lowest BCUT2D eigenvalue weighted by atomic mass is 10.0. The van der Waals surface area contributed by atoms with Crippen molar-refractivity contribution in [3.8, 4) is 0 Å². The second kappa shape index (κ2) is 9.55. The lowest BCUT2D eigenvalue weighted by molar-refractivity contribution is -0.0447. The first-order valence-corrected chi connectivity index (χ1v) is 11.2. The zero-order valence-electron chi connectivity index (χ0n) is 18.0. The molecule has 5 rings (SSSR count). The lowest BCUT2D eigenvalue weighted by Crippen LogP contribution is -2.24. The summed E-state index contributed by atoms with van der Waals surface area (Å²) in [7, 11) is 0. The van der Waals surface area contributed by atoms with Gasteiger partial charge >= 0.3 is 5.63 Å². The predicted molar refractivity (Wildman–Crippen MR) is 127 cm³/mol. The summed E-state index contributed by atoms with van der Waals surface area (Å²) >= 11 is 0. The van der Waals surface area contributed by atoms with Crippen LogP contribution in [-0.4, -0.2) is 19.3 Å². The number of nitrogens with one attached hydrogen (secondary N) is 1. The smallest absolute Gasteiger partial charge is 0.336 e. The molecule has 2 heterocycles. The van der Waals surface area contributed by atoms with Crippen LogP contribution >= 0.6 is 0 Å². The lowest BCUT2D eigenvalue weighted by Gasteiger charge is -2.22. The van der Waals surface area contributed by atoms with E-state index in [0.29, 0.717) is 25.3 Å². The molecule has 0 bridgehead atoms. The summed E-state index contributed by atoms with van der Waals surface area (Å²) in [5.74, 6) is 0. The maximum Gasteiger partial charge on any atom is 0.336 e. The van der Waals surface area contributed by atoms with Gasteiger partial charge in [0.15, 0.2) is 0 Å². The largest absolute Gasteiger partial charge is 0.423 e. The van der Waals surface area contributed by atoms with Crippen LogP contribution in [0, 0.1) is 0 Å². The molecular formula is C27H27NO4. The quantitative estimate of drug-likeness (QED) is 0.304. The summed E-state index contributed by atoms with van der Waals surface area (Å²) in [5, 5.41) is 6.64. The maximum absolute atomic E-state index is 12.1. The molecule has 0 spiro atoms. The van der Waals surface area contributed by atoms with Gasteiger partial charge in [-0.15, -0.1) is 0 Å². The van der Waals surface area contributed by atoms with Crippen LogP contribution in [0.5, 0.6) is 0 Å². The van der Waals surface area contributed by atoms with E-state index in [1.54, 1.807) is 6.07 Å². The highest BCUT2D eigenvalue weighted by Crippen LogP contribution is 2.28. The molecule has 0 aliphatic carbocycles. The van der Waals surface area contributed by atoms with Gasteiger partial charge in [0.2, 0.25) is 0 Å². The van der Waals surface area contributed by atoms with E-state index >= 15 is 0 Å². The van der Waals surface area contributed by atoms with Crippen molar-refractivity contribution >= 4 is 27.4 Å². The monoisotopic (exact) mass is 429 g/mol. The van der Waals surface area contributed by atoms with Gasteiger partial charge in [-0.05, 0) is 59.4 Å². The second-order valence-corrected chi connectivity index (χ2v) is 8.31. The Labute approximate surface area is 187 Å². The van der Waals surface area contributed by atoms with Gasteiger partial charge in [0.1, 0.15) is 5.58 Å². The van der Waals surface area contributed by atoms with Crippen molar-refractivity contribution < 1.29 is 13.9 Å². The number of rotatable bonds is 7. The van der Waals surface area contributed by atoms with Gasteiger partial charge < -0.3 is 19.2 Å². The molecule has 1 aliphatic heterocycles. The van der Waals surface area contributed by atoms with E-state index in [1.807, 2.05) is 36.4 Å². The Morgan fingerprint density at radius 3 is 2.84 bits per heavy atom. The molecule has 1 saturated heterocycles. The Balaban J connectivity index is 1.31. The van der Waals surface area contributed by atoms with Gasteiger partial charge in [-0.1, -0.05) is 42.5 Å². The summed E-state index contributed by atoms with van der Waals surface area (Å²) < 4.78 is 17.1. The summed E-state index contributed by atoms with van der Waals surface area (Å²) in [5.41, 5.74) is 3.29. The molecule has 0 saturated carbocycles. The van der Waals surface area contributed by atoms with Crippen LogP contribution in [-0.2, 0) is 22.6 Å². The fraction of sp³-hybridized carbons (Fsp3) is 0.296. The van der Waals surface area contributed by atoms with Crippen LogP contribution in [0.4, 0.5) is 5.69 Å². The van der Waals surface area contributed by atoms with Crippen molar-refractivity contribution in [2.75, 3.05) is 18.5 Å². The number of hydrogen-bond donors (Lipinski definition) is 1. The fourth-order valence-electron chi connectivity index (χ4n) is 4.37. The minimum Gasteiger partial charge on any atom is -0.423 e. The maximum atomic E-state index is 12.1. The van der Waals surface area contributed by atoms with Crippen molar-refractivity contribution in [2.24, 2.45) is 0 Å². The molecule has 5 nitrogen and oxygen atoms in total. The molecule has 1 aliphatic rings. The van der Waals surface area contributed by atoms with Gasteiger partial charge in [0.25, 0.3) is 0 Å². The van der Waals surface area contributed by atoms with E-state index in [0.717, 1.165) is 52.4 Å². The normalized spacial score (nSPS) is 16.4. The van der Waals surface area contributed by atoms with E-state index in [1.165, 1.54) is 6.42 Å². The van der Waals surface area contributed by atoms with Crippen LogP contribution in [0.1, 0.15) is 30.4 Å². The Morgan fingerprint density at radius 2 is 1.94 bits per heavy atom. The van der Waals surface area contributed by atoms with E-state index in [2.05, 4.69) is 29.6 Å². The van der Waals surface area contributed by atoms with Crippen LogP contribution in [0.25, 0.3) is 21.7 Å². The molecule has 5 heteroatoms. The van der Waals surface area contributed by atoms with E-state index < -0.39 is 0 Å². The van der Waals surface area contributed by atoms with Crippen LogP contribution in [0.15, 0.2) is 75.9 Å². The molecule has 0 radical (unpaired) electrons. The minimum absolute atomic E-state index is 0.220. The third-order valence-corrected chi connectivity index (χ3v) is 5.97. The van der Waals surface area contributed by atoms with Gasteiger partial charge in [0.05, 0.1) is 19.3 Å². The zero-order valence-corrected chi connectivity index (χ0v) is 18.0.